The van der Waals surface area contributed by atoms with Crippen molar-refractivity contribution in [2.45, 2.75) is 30.6 Å². The second-order valence-electron chi connectivity index (χ2n) is 7.09. The zero-order valence-corrected chi connectivity index (χ0v) is 17.7. The molecule has 3 unspecified atom stereocenters. The fraction of sp³-hybridized carbons (Fsp3) is 0.529. The predicted molar refractivity (Wildman–Crippen MR) is 98.6 cm³/mol. The van der Waals surface area contributed by atoms with Crippen LogP contribution < -0.4 is 4.90 Å². The van der Waals surface area contributed by atoms with E-state index in [0.717, 1.165) is 23.3 Å². The maximum atomic E-state index is 14.3. The highest BCUT2D eigenvalue weighted by molar-refractivity contribution is 9.10. The quantitative estimate of drug-likeness (QED) is 0.600. The van der Waals surface area contributed by atoms with E-state index in [1.807, 2.05) is 0 Å². The highest BCUT2D eigenvalue weighted by atomic mass is 79.9. The zero-order chi connectivity index (χ0) is 21.1. The molecule has 7 nitrogen and oxygen atoms in total. The predicted octanol–water partition coefficient (Wildman–Crippen LogP) is 2.81. The van der Waals surface area contributed by atoms with Gasteiger partial charge in [0.2, 0.25) is 0 Å². The summed E-state index contributed by atoms with van der Waals surface area (Å²) in [7, 11) is -3.95. The number of esters is 1. The highest BCUT2D eigenvalue weighted by Crippen LogP contribution is 2.59. The minimum atomic E-state index is -3.95. The Balaban J connectivity index is 1.95. The first kappa shape index (κ1) is 21.0. The van der Waals surface area contributed by atoms with E-state index in [1.54, 1.807) is 6.92 Å². The summed E-state index contributed by atoms with van der Waals surface area (Å²) < 4.78 is 61.8. The highest BCUT2D eigenvalue weighted by Gasteiger charge is 2.74. The lowest BCUT2D eigenvalue weighted by Gasteiger charge is -2.26. The van der Waals surface area contributed by atoms with Gasteiger partial charge in [-0.1, -0.05) is 15.9 Å². The van der Waals surface area contributed by atoms with Crippen LogP contribution in [0.4, 0.5) is 19.3 Å². The van der Waals surface area contributed by atoms with Gasteiger partial charge in [-0.15, -0.1) is 0 Å². The number of ether oxygens (including phenoxy) is 2. The Morgan fingerprint density at radius 2 is 2.00 bits per heavy atom. The van der Waals surface area contributed by atoms with E-state index in [0.29, 0.717) is 0 Å². The number of sulfone groups is 1. The summed E-state index contributed by atoms with van der Waals surface area (Å²) in [5.74, 6) is -3.80. The minimum Gasteiger partial charge on any atom is -0.465 e. The van der Waals surface area contributed by atoms with Crippen LogP contribution >= 0.6 is 15.9 Å². The molecule has 1 amide bonds. The third-order valence-electron chi connectivity index (χ3n) is 5.33. The Hall–Kier alpha value is -1.75. The Bertz CT molecular complexity index is 947. The van der Waals surface area contributed by atoms with Gasteiger partial charge in [-0.05, 0) is 32.4 Å². The van der Waals surface area contributed by atoms with Gasteiger partial charge >= 0.3 is 12.1 Å². The van der Waals surface area contributed by atoms with Crippen molar-refractivity contribution in [2.75, 3.05) is 24.3 Å². The Kier molecular flexibility index (Phi) is 4.98. The van der Waals surface area contributed by atoms with E-state index in [9.17, 15) is 26.8 Å². The molecule has 1 spiro atoms. The molecule has 3 rings (SSSR count). The summed E-state index contributed by atoms with van der Waals surface area (Å²) in [4.78, 5) is 25.5. The molecule has 0 radical (unpaired) electrons. The van der Waals surface area contributed by atoms with Crippen molar-refractivity contribution >= 4 is 43.5 Å². The maximum absolute atomic E-state index is 14.3. The Morgan fingerprint density at radius 3 is 2.50 bits per heavy atom. The van der Waals surface area contributed by atoms with Crippen LogP contribution in [0.15, 0.2) is 16.6 Å². The second-order valence-corrected chi connectivity index (χ2v) is 10.4. The molecule has 1 aliphatic carbocycles. The number of benzene rings is 1. The number of rotatable bonds is 5. The molecule has 1 heterocycles. The standard InChI is InChI=1S/C17H18BrF2NO6S/c1-4-26-14(22)16(2,28(3,24)25)12-7-17(12)8-21(15(23)27-17)13-10(19)5-9(18)6-11(13)20/h5-6,12H,4,7-8H2,1-3H3. The first-order valence-electron chi connectivity index (χ1n) is 8.39. The Labute approximate surface area is 169 Å². The molecule has 3 atom stereocenters. The molecule has 2 aliphatic rings. The average molecular weight is 482 g/mol. The second kappa shape index (κ2) is 6.65. The monoisotopic (exact) mass is 481 g/mol. The molecule has 154 valence electrons. The van der Waals surface area contributed by atoms with E-state index in [4.69, 9.17) is 9.47 Å². The molecule has 1 aromatic rings. The molecule has 1 aromatic carbocycles. The summed E-state index contributed by atoms with van der Waals surface area (Å²) in [6, 6.07) is 2.00. The van der Waals surface area contributed by atoms with Gasteiger partial charge in [-0.25, -0.2) is 22.0 Å². The van der Waals surface area contributed by atoms with Crippen molar-refractivity contribution in [1.29, 1.82) is 0 Å². The maximum Gasteiger partial charge on any atom is 0.415 e. The fourth-order valence-electron chi connectivity index (χ4n) is 3.65. The molecule has 2 fully saturated rings. The number of halogens is 3. The van der Waals surface area contributed by atoms with Crippen molar-refractivity contribution in [3.8, 4) is 0 Å². The lowest BCUT2D eigenvalue weighted by molar-refractivity contribution is -0.147. The third-order valence-corrected chi connectivity index (χ3v) is 7.78. The topological polar surface area (TPSA) is 90.0 Å². The summed E-state index contributed by atoms with van der Waals surface area (Å²) >= 11 is 2.96. The summed E-state index contributed by atoms with van der Waals surface area (Å²) in [5.41, 5.74) is -1.93. The average Bonchev–Trinajstić information content (AvgIpc) is 3.15. The van der Waals surface area contributed by atoms with Crippen molar-refractivity contribution in [2.24, 2.45) is 5.92 Å². The number of carbonyl (C=O) groups excluding carboxylic acids is 2. The number of carbonyl (C=O) groups is 2. The first-order valence-corrected chi connectivity index (χ1v) is 11.1. The van der Waals surface area contributed by atoms with Crippen LogP contribution in [0.3, 0.4) is 0 Å². The van der Waals surface area contributed by atoms with Crippen LogP contribution in [0, 0.1) is 17.6 Å². The molecule has 1 aliphatic heterocycles. The van der Waals surface area contributed by atoms with Gasteiger partial charge in [0.1, 0.15) is 11.3 Å². The summed E-state index contributed by atoms with van der Waals surface area (Å²) in [5, 5.41) is 0. The van der Waals surface area contributed by atoms with Crippen LogP contribution in [-0.4, -0.2) is 50.2 Å². The lowest BCUT2D eigenvalue weighted by Crippen LogP contribution is -2.49. The number of anilines is 1. The Morgan fingerprint density at radius 1 is 1.43 bits per heavy atom. The molecular formula is C17H18BrF2NO6S. The first-order chi connectivity index (χ1) is 12.9. The van der Waals surface area contributed by atoms with Gasteiger partial charge in [0, 0.05) is 16.6 Å². The van der Waals surface area contributed by atoms with Crippen LogP contribution in [0.5, 0.6) is 0 Å². The van der Waals surface area contributed by atoms with Crippen LogP contribution in [0.25, 0.3) is 0 Å². The number of hydrogen-bond acceptors (Lipinski definition) is 6. The molecule has 0 N–H and O–H groups in total. The number of nitrogens with zero attached hydrogens (tertiary/aromatic N) is 1. The van der Waals surface area contributed by atoms with E-state index in [-0.39, 0.29) is 24.0 Å². The van der Waals surface area contributed by atoms with E-state index < -0.39 is 55.5 Å². The van der Waals surface area contributed by atoms with Crippen molar-refractivity contribution in [3.63, 3.8) is 0 Å². The van der Waals surface area contributed by atoms with Crippen LogP contribution in [0.1, 0.15) is 20.3 Å². The third kappa shape index (κ3) is 3.08. The van der Waals surface area contributed by atoms with Crippen LogP contribution in [-0.2, 0) is 24.1 Å². The van der Waals surface area contributed by atoms with Crippen molar-refractivity contribution < 1.29 is 36.3 Å². The van der Waals surface area contributed by atoms with E-state index in [1.165, 1.54) is 6.92 Å². The normalized spacial score (nSPS) is 26.1. The fourth-order valence-corrected chi connectivity index (χ4v) is 5.23. The zero-order valence-electron chi connectivity index (χ0n) is 15.3. The molecule has 0 bridgehead atoms. The van der Waals surface area contributed by atoms with Crippen molar-refractivity contribution in [3.05, 3.63) is 28.2 Å². The van der Waals surface area contributed by atoms with Gasteiger partial charge in [0.15, 0.2) is 26.2 Å². The van der Waals surface area contributed by atoms with E-state index in [2.05, 4.69) is 15.9 Å². The van der Waals surface area contributed by atoms with Crippen molar-refractivity contribution in [1.82, 2.24) is 0 Å². The van der Waals surface area contributed by atoms with Gasteiger partial charge in [-0.3, -0.25) is 9.69 Å². The number of hydrogen-bond donors (Lipinski definition) is 0. The summed E-state index contributed by atoms with van der Waals surface area (Å²) in [6.45, 7) is 2.46. The van der Waals surface area contributed by atoms with Gasteiger partial charge in [0.25, 0.3) is 0 Å². The largest absolute Gasteiger partial charge is 0.465 e. The molecule has 11 heteroatoms. The van der Waals surface area contributed by atoms with Gasteiger partial charge in [0.05, 0.1) is 13.2 Å². The van der Waals surface area contributed by atoms with Gasteiger partial charge < -0.3 is 9.47 Å². The molecule has 0 aromatic heterocycles. The SMILES string of the molecule is CCOC(=O)C(C)(C1CC12CN(c1c(F)cc(Br)cc1F)C(=O)O2)S(C)(=O)=O. The molecular weight excluding hydrogens is 464 g/mol. The van der Waals surface area contributed by atoms with Crippen LogP contribution in [0.2, 0.25) is 0 Å². The molecule has 1 saturated carbocycles. The van der Waals surface area contributed by atoms with Gasteiger partial charge in [-0.2, -0.15) is 0 Å². The number of amides is 1. The minimum absolute atomic E-state index is 0.0229. The summed E-state index contributed by atoms with van der Waals surface area (Å²) in [6.07, 6.45) is -0.0574. The lowest BCUT2D eigenvalue weighted by atomic mass is 10.0. The molecule has 1 saturated heterocycles. The van der Waals surface area contributed by atoms with E-state index >= 15 is 0 Å². The molecule has 28 heavy (non-hydrogen) atoms. The smallest absolute Gasteiger partial charge is 0.415 e.